The lowest BCUT2D eigenvalue weighted by atomic mass is 10.2. The summed E-state index contributed by atoms with van der Waals surface area (Å²) in [6.45, 7) is -0.185. The van der Waals surface area contributed by atoms with Crippen molar-refractivity contribution in [2.75, 3.05) is 11.9 Å². The Morgan fingerprint density at radius 1 is 1.19 bits per heavy atom. The smallest absolute Gasteiger partial charge is 0.262 e. The van der Waals surface area contributed by atoms with Crippen LogP contribution in [0.1, 0.15) is 10.4 Å². The lowest BCUT2D eigenvalue weighted by Gasteiger charge is -2.10. The number of anilines is 1. The van der Waals surface area contributed by atoms with E-state index in [4.69, 9.17) is 4.74 Å². The van der Waals surface area contributed by atoms with Crippen LogP contribution in [0.4, 0.5) is 5.69 Å². The minimum Gasteiger partial charge on any atom is -0.482 e. The van der Waals surface area contributed by atoms with E-state index in [1.807, 2.05) is 12.1 Å². The number of benzene rings is 2. The molecule has 0 radical (unpaired) electrons. The molecular formula is C15H11Br2NO3. The van der Waals surface area contributed by atoms with Crippen molar-refractivity contribution < 1.29 is 14.3 Å². The second-order valence-corrected chi connectivity index (χ2v) is 5.89. The molecule has 2 aromatic rings. The average Bonchev–Trinajstić information content (AvgIpc) is 2.45. The lowest BCUT2D eigenvalue weighted by Crippen LogP contribution is -2.20. The first-order valence-electron chi connectivity index (χ1n) is 6.02. The maximum Gasteiger partial charge on any atom is 0.262 e. The predicted molar refractivity (Wildman–Crippen MR) is 87.8 cm³/mol. The highest BCUT2D eigenvalue weighted by Crippen LogP contribution is 2.28. The molecular weight excluding hydrogens is 402 g/mol. The Morgan fingerprint density at radius 3 is 2.67 bits per heavy atom. The van der Waals surface area contributed by atoms with Crippen LogP contribution < -0.4 is 10.1 Å². The fraction of sp³-hybridized carbons (Fsp3) is 0.0667. The van der Waals surface area contributed by atoms with Crippen molar-refractivity contribution in [3.05, 3.63) is 57.0 Å². The standard InChI is InChI=1S/C15H11Br2NO3/c16-11-4-2-5-12(7-11)18-14(20)9-21-15-10(8-19)3-1-6-13(15)17/h1-8H,9H2,(H,18,20). The SMILES string of the molecule is O=Cc1cccc(Br)c1OCC(=O)Nc1cccc(Br)c1. The van der Waals surface area contributed by atoms with Crippen molar-refractivity contribution in [1.29, 1.82) is 0 Å². The second kappa shape index (κ2) is 7.38. The van der Waals surface area contributed by atoms with Gasteiger partial charge in [-0.3, -0.25) is 9.59 Å². The predicted octanol–water partition coefficient (Wildman–Crippen LogP) is 4.04. The van der Waals surface area contributed by atoms with Gasteiger partial charge in [0.2, 0.25) is 0 Å². The van der Waals surface area contributed by atoms with E-state index in [1.165, 1.54) is 0 Å². The third kappa shape index (κ3) is 4.41. The molecule has 0 atom stereocenters. The summed E-state index contributed by atoms with van der Waals surface area (Å²) in [4.78, 5) is 22.8. The van der Waals surface area contributed by atoms with Gasteiger partial charge >= 0.3 is 0 Å². The van der Waals surface area contributed by atoms with E-state index in [0.29, 0.717) is 27.8 Å². The van der Waals surface area contributed by atoms with Crippen molar-refractivity contribution >= 4 is 49.7 Å². The number of para-hydroxylation sites is 1. The number of carbonyl (C=O) groups excluding carboxylic acids is 2. The molecule has 0 unspecified atom stereocenters. The van der Waals surface area contributed by atoms with Crippen LogP contribution in [0.3, 0.4) is 0 Å². The number of nitrogens with one attached hydrogen (secondary N) is 1. The Morgan fingerprint density at radius 2 is 1.95 bits per heavy atom. The molecule has 0 saturated heterocycles. The Labute approximate surface area is 138 Å². The molecule has 0 aliphatic carbocycles. The minimum absolute atomic E-state index is 0.185. The summed E-state index contributed by atoms with van der Waals surface area (Å²) in [7, 11) is 0. The maximum absolute atomic E-state index is 11.9. The van der Waals surface area contributed by atoms with Gasteiger partial charge in [-0.1, -0.05) is 28.1 Å². The molecule has 0 aliphatic heterocycles. The first-order chi connectivity index (χ1) is 10.1. The Balaban J connectivity index is 2.00. The molecule has 0 bridgehead atoms. The summed E-state index contributed by atoms with van der Waals surface area (Å²) in [6.07, 6.45) is 0.687. The van der Waals surface area contributed by atoms with Crippen molar-refractivity contribution in [2.24, 2.45) is 0 Å². The summed E-state index contributed by atoms with van der Waals surface area (Å²) < 4.78 is 6.92. The number of amides is 1. The van der Waals surface area contributed by atoms with Crippen LogP contribution in [-0.4, -0.2) is 18.8 Å². The van der Waals surface area contributed by atoms with Crippen LogP contribution in [0.5, 0.6) is 5.75 Å². The van der Waals surface area contributed by atoms with Crippen LogP contribution in [0.25, 0.3) is 0 Å². The average molecular weight is 413 g/mol. The quantitative estimate of drug-likeness (QED) is 0.754. The number of carbonyl (C=O) groups is 2. The maximum atomic E-state index is 11.9. The van der Waals surface area contributed by atoms with Crippen LogP contribution in [0, 0.1) is 0 Å². The van der Waals surface area contributed by atoms with Crippen LogP contribution in [-0.2, 0) is 4.79 Å². The molecule has 2 aromatic carbocycles. The summed E-state index contributed by atoms with van der Waals surface area (Å²) in [5.74, 6) is 0.0533. The fourth-order valence-electron chi connectivity index (χ4n) is 1.67. The molecule has 108 valence electrons. The van der Waals surface area contributed by atoms with E-state index in [1.54, 1.807) is 30.3 Å². The topological polar surface area (TPSA) is 55.4 Å². The van der Waals surface area contributed by atoms with E-state index in [9.17, 15) is 9.59 Å². The fourth-order valence-corrected chi connectivity index (χ4v) is 2.57. The number of rotatable bonds is 5. The van der Waals surface area contributed by atoms with E-state index >= 15 is 0 Å². The Kier molecular flexibility index (Phi) is 5.52. The molecule has 0 spiro atoms. The third-order valence-electron chi connectivity index (χ3n) is 2.58. The highest BCUT2D eigenvalue weighted by molar-refractivity contribution is 9.10. The Hall–Kier alpha value is -1.66. The molecule has 0 fully saturated rings. The minimum atomic E-state index is -0.305. The van der Waals surface area contributed by atoms with Gasteiger partial charge in [-0.05, 0) is 46.3 Å². The van der Waals surface area contributed by atoms with Gasteiger partial charge in [-0.15, -0.1) is 0 Å². The van der Waals surface area contributed by atoms with Crippen molar-refractivity contribution in [1.82, 2.24) is 0 Å². The zero-order valence-electron chi connectivity index (χ0n) is 10.8. The first-order valence-corrected chi connectivity index (χ1v) is 7.60. The number of hydrogen-bond donors (Lipinski definition) is 1. The van der Waals surface area contributed by atoms with Crippen molar-refractivity contribution in [2.45, 2.75) is 0 Å². The molecule has 2 rings (SSSR count). The Bertz CT molecular complexity index is 674. The van der Waals surface area contributed by atoms with Gasteiger partial charge in [0.15, 0.2) is 12.9 Å². The molecule has 0 aromatic heterocycles. The summed E-state index contributed by atoms with van der Waals surface area (Å²) >= 11 is 6.62. The summed E-state index contributed by atoms with van der Waals surface area (Å²) in [6, 6.07) is 12.3. The summed E-state index contributed by atoms with van der Waals surface area (Å²) in [5, 5.41) is 2.71. The largest absolute Gasteiger partial charge is 0.482 e. The number of ether oxygens (including phenoxy) is 1. The molecule has 1 amide bonds. The van der Waals surface area contributed by atoms with Gasteiger partial charge in [0.1, 0.15) is 5.75 Å². The molecule has 21 heavy (non-hydrogen) atoms. The highest BCUT2D eigenvalue weighted by atomic mass is 79.9. The monoisotopic (exact) mass is 411 g/mol. The molecule has 0 saturated carbocycles. The molecule has 4 nitrogen and oxygen atoms in total. The van der Waals surface area contributed by atoms with Gasteiger partial charge in [-0.2, -0.15) is 0 Å². The molecule has 1 N–H and O–H groups in total. The van der Waals surface area contributed by atoms with Crippen LogP contribution in [0.15, 0.2) is 51.4 Å². The molecule has 6 heteroatoms. The van der Waals surface area contributed by atoms with Crippen LogP contribution >= 0.6 is 31.9 Å². The van der Waals surface area contributed by atoms with E-state index in [0.717, 1.165) is 4.47 Å². The van der Waals surface area contributed by atoms with E-state index in [-0.39, 0.29) is 12.5 Å². The van der Waals surface area contributed by atoms with Gasteiger partial charge < -0.3 is 10.1 Å². The lowest BCUT2D eigenvalue weighted by molar-refractivity contribution is -0.118. The number of aldehydes is 1. The normalized spacial score (nSPS) is 10.0. The molecule has 0 heterocycles. The van der Waals surface area contributed by atoms with E-state index in [2.05, 4.69) is 37.2 Å². The van der Waals surface area contributed by atoms with Gasteiger partial charge in [0, 0.05) is 10.2 Å². The summed E-state index contributed by atoms with van der Waals surface area (Å²) in [5.41, 5.74) is 1.06. The zero-order chi connectivity index (χ0) is 15.2. The molecule has 0 aliphatic rings. The highest BCUT2D eigenvalue weighted by Gasteiger charge is 2.10. The van der Waals surface area contributed by atoms with Gasteiger partial charge in [-0.25, -0.2) is 0 Å². The van der Waals surface area contributed by atoms with Gasteiger partial charge in [0.25, 0.3) is 5.91 Å². The number of halogens is 2. The third-order valence-corrected chi connectivity index (χ3v) is 3.70. The van der Waals surface area contributed by atoms with Crippen molar-refractivity contribution in [3.63, 3.8) is 0 Å². The van der Waals surface area contributed by atoms with Gasteiger partial charge in [0.05, 0.1) is 10.0 Å². The second-order valence-electron chi connectivity index (χ2n) is 4.12. The van der Waals surface area contributed by atoms with Crippen LogP contribution in [0.2, 0.25) is 0 Å². The van der Waals surface area contributed by atoms with Crippen molar-refractivity contribution in [3.8, 4) is 5.75 Å². The number of hydrogen-bond acceptors (Lipinski definition) is 3. The zero-order valence-corrected chi connectivity index (χ0v) is 14.0. The first kappa shape index (κ1) is 15.7. The van der Waals surface area contributed by atoms with E-state index < -0.39 is 0 Å².